The van der Waals surface area contributed by atoms with E-state index in [9.17, 15) is 4.79 Å². The zero-order chi connectivity index (χ0) is 17.5. The Morgan fingerprint density at radius 2 is 1.63 bits per heavy atom. The second-order valence-electron chi connectivity index (χ2n) is 6.35. The fraction of sp³-hybridized carbons (Fsp3) is 0.350. The van der Waals surface area contributed by atoms with Gasteiger partial charge in [-0.25, -0.2) is 0 Å². The number of halogens is 2. The van der Waals surface area contributed by atoms with Gasteiger partial charge in [0, 0.05) is 31.9 Å². The molecular formula is C20H27Cl2N3O2. The normalized spacial score (nSPS) is 13.9. The summed E-state index contributed by atoms with van der Waals surface area (Å²) >= 11 is 0. The van der Waals surface area contributed by atoms with E-state index in [1.807, 2.05) is 30.3 Å². The Morgan fingerprint density at radius 1 is 1.00 bits per heavy atom. The molecule has 1 aliphatic heterocycles. The molecule has 0 radical (unpaired) electrons. The first-order valence-electron chi connectivity index (χ1n) is 8.69. The smallest absolute Gasteiger partial charge is 0.224 e. The van der Waals surface area contributed by atoms with Gasteiger partial charge in [0.1, 0.15) is 0 Å². The third kappa shape index (κ3) is 7.39. The first-order valence-corrected chi connectivity index (χ1v) is 8.69. The van der Waals surface area contributed by atoms with E-state index < -0.39 is 0 Å². The molecule has 0 bridgehead atoms. The van der Waals surface area contributed by atoms with E-state index >= 15 is 0 Å². The summed E-state index contributed by atoms with van der Waals surface area (Å²) in [7, 11) is 0. The molecule has 7 heteroatoms. The van der Waals surface area contributed by atoms with Crippen LogP contribution in [0.5, 0.6) is 0 Å². The maximum Gasteiger partial charge on any atom is 0.224 e. The predicted molar refractivity (Wildman–Crippen MR) is 113 cm³/mol. The Balaban J connectivity index is 0.00000182. The molecule has 0 aliphatic carbocycles. The Bertz CT molecular complexity index is 705. The Morgan fingerprint density at radius 3 is 2.30 bits per heavy atom. The average Bonchev–Trinajstić information content (AvgIpc) is 2.64. The molecule has 5 nitrogen and oxygen atoms in total. The van der Waals surface area contributed by atoms with Gasteiger partial charge in [-0.05, 0) is 28.8 Å². The number of nitrogens with zero attached hydrogens (tertiary/aromatic N) is 1. The van der Waals surface area contributed by atoms with Gasteiger partial charge in [-0.2, -0.15) is 0 Å². The van der Waals surface area contributed by atoms with E-state index in [1.165, 1.54) is 11.1 Å². The summed E-state index contributed by atoms with van der Waals surface area (Å²) in [6.07, 6.45) is 0.367. The number of carbonyl (C=O) groups excluding carboxylic acids is 1. The molecule has 1 amide bonds. The SMILES string of the molecule is Cl.Cl.Nc1ccc(CC(=O)NCc2ccccc2CN2CCOCC2)cc1. The van der Waals surface area contributed by atoms with Gasteiger partial charge in [0.15, 0.2) is 0 Å². The third-order valence-electron chi connectivity index (χ3n) is 4.44. The fourth-order valence-corrected chi connectivity index (χ4v) is 2.96. The monoisotopic (exact) mass is 411 g/mol. The fourth-order valence-electron chi connectivity index (χ4n) is 2.96. The molecule has 1 heterocycles. The third-order valence-corrected chi connectivity index (χ3v) is 4.44. The van der Waals surface area contributed by atoms with Gasteiger partial charge >= 0.3 is 0 Å². The highest BCUT2D eigenvalue weighted by molar-refractivity contribution is 5.85. The van der Waals surface area contributed by atoms with Crippen molar-refractivity contribution in [3.8, 4) is 0 Å². The molecule has 148 valence electrons. The number of benzene rings is 2. The molecule has 3 N–H and O–H groups in total. The molecule has 0 saturated carbocycles. The number of hydrogen-bond acceptors (Lipinski definition) is 4. The standard InChI is InChI=1S/C20H25N3O2.2ClH/c21-19-7-5-16(6-8-19)13-20(24)22-14-17-3-1-2-4-18(17)15-23-9-11-25-12-10-23;;/h1-8H,9-15,21H2,(H,22,24);2*1H. The van der Waals surface area contributed by atoms with Crippen molar-refractivity contribution in [2.45, 2.75) is 19.5 Å². The lowest BCUT2D eigenvalue weighted by molar-refractivity contribution is -0.120. The van der Waals surface area contributed by atoms with E-state index in [0.717, 1.165) is 38.4 Å². The molecule has 27 heavy (non-hydrogen) atoms. The number of anilines is 1. The summed E-state index contributed by atoms with van der Waals surface area (Å²) in [5.41, 5.74) is 9.78. The number of nitrogens with two attached hydrogens (primary N) is 1. The first kappa shape index (κ1) is 23.2. The molecule has 2 aromatic rings. The first-order chi connectivity index (χ1) is 12.2. The van der Waals surface area contributed by atoms with Gasteiger partial charge in [0.05, 0.1) is 19.6 Å². The van der Waals surface area contributed by atoms with Crippen molar-refractivity contribution >= 4 is 36.4 Å². The van der Waals surface area contributed by atoms with Crippen molar-refractivity contribution in [3.05, 3.63) is 65.2 Å². The molecule has 1 fully saturated rings. The van der Waals surface area contributed by atoms with Gasteiger partial charge < -0.3 is 15.8 Å². The van der Waals surface area contributed by atoms with Gasteiger partial charge in [0.25, 0.3) is 0 Å². The molecule has 0 spiro atoms. The summed E-state index contributed by atoms with van der Waals surface area (Å²) < 4.78 is 5.40. The van der Waals surface area contributed by atoms with Crippen LogP contribution in [0, 0.1) is 0 Å². The van der Waals surface area contributed by atoms with Crippen LogP contribution in [0.1, 0.15) is 16.7 Å². The Labute approximate surface area is 173 Å². The van der Waals surface area contributed by atoms with Gasteiger partial charge in [0.2, 0.25) is 5.91 Å². The largest absolute Gasteiger partial charge is 0.399 e. The highest BCUT2D eigenvalue weighted by atomic mass is 35.5. The summed E-state index contributed by atoms with van der Waals surface area (Å²) in [5.74, 6) is 0.0194. The second-order valence-corrected chi connectivity index (χ2v) is 6.35. The van der Waals surface area contributed by atoms with Crippen LogP contribution < -0.4 is 11.1 Å². The molecule has 3 rings (SSSR count). The van der Waals surface area contributed by atoms with Crippen LogP contribution in [0.4, 0.5) is 5.69 Å². The maximum atomic E-state index is 12.2. The summed E-state index contributed by atoms with van der Waals surface area (Å²) in [4.78, 5) is 14.6. The van der Waals surface area contributed by atoms with Crippen LogP contribution in [0.3, 0.4) is 0 Å². The van der Waals surface area contributed by atoms with E-state index in [4.69, 9.17) is 10.5 Å². The van der Waals surface area contributed by atoms with Gasteiger partial charge in [-0.1, -0.05) is 36.4 Å². The van der Waals surface area contributed by atoms with Crippen molar-refractivity contribution < 1.29 is 9.53 Å². The number of carbonyl (C=O) groups is 1. The Kier molecular flexibility index (Phi) is 10.2. The van der Waals surface area contributed by atoms with Crippen molar-refractivity contribution in [2.75, 3.05) is 32.0 Å². The van der Waals surface area contributed by atoms with E-state index in [1.54, 1.807) is 0 Å². The quantitative estimate of drug-likeness (QED) is 0.717. The van der Waals surface area contributed by atoms with Crippen molar-refractivity contribution in [2.24, 2.45) is 0 Å². The topological polar surface area (TPSA) is 67.6 Å². The maximum absolute atomic E-state index is 12.2. The van der Waals surface area contributed by atoms with Crippen LogP contribution >= 0.6 is 24.8 Å². The van der Waals surface area contributed by atoms with E-state index in [-0.39, 0.29) is 30.7 Å². The van der Waals surface area contributed by atoms with Crippen LogP contribution in [-0.2, 0) is 29.0 Å². The van der Waals surface area contributed by atoms with Crippen LogP contribution in [0.25, 0.3) is 0 Å². The number of morpholine rings is 1. The number of hydrogen-bond donors (Lipinski definition) is 2. The number of rotatable bonds is 6. The summed E-state index contributed by atoms with van der Waals surface area (Å²) in [5, 5.41) is 3.03. The summed E-state index contributed by atoms with van der Waals surface area (Å²) in [6, 6.07) is 15.7. The number of nitrogen functional groups attached to an aromatic ring is 1. The molecule has 1 aliphatic rings. The highest BCUT2D eigenvalue weighted by Crippen LogP contribution is 2.13. The molecule has 0 unspecified atom stereocenters. The van der Waals surface area contributed by atoms with Gasteiger partial charge in [-0.15, -0.1) is 24.8 Å². The Hall–Kier alpha value is -1.79. The molecule has 0 atom stereocenters. The number of amides is 1. The number of nitrogens with one attached hydrogen (secondary N) is 1. The van der Waals surface area contributed by atoms with Crippen molar-refractivity contribution in [1.29, 1.82) is 0 Å². The average molecular weight is 412 g/mol. The highest BCUT2D eigenvalue weighted by Gasteiger charge is 2.13. The van der Waals surface area contributed by atoms with E-state index in [2.05, 4.69) is 28.4 Å². The zero-order valence-corrected chi connectivity index (χ0v) is 16.9. The minimum atomic E-state index is 0. The van der Waals surface area contributed by atoms with Crippen molar-refractivity contribution in [1.82, 2.24) is 10.2 Å². The summed E-state index contributed by atoms with van der Waals surface area (Å²) in [6.45, 7) is 4.94. The molecule has 2 aromatic carbocycles. The zero-order valence-electron chi connectivity index (χ0n) is 15.2. The van der Waals surface area contributed by atoms with Gasteiger partial charge in [-0.3, -0.25) is 9.69 Å². The molecule has 1 saturated heterocycles. The molecular weight excluding hydrogens is 385 g/mol. The lowest BCUT2D eigenvalue weighted by atomic mass is 10.1. The number of ether oxygens (including phenoxy) is 1. The lowest BCUT2D eigenvalue weighted by Crippen LogP contribution is -2.36. The van der Waals surface area contributed by atoms with Crippen LogP contribution in [0.15, 0.2) is 48.5 Å². The van der Waals surface area contributed by atoms with E-state index in [0.29, 0.717) is 18.7 Å². The van der Waals surface area contributed by atoms with Crippen molar-refractivity contribution in [3.63, 3.8) is 0 Å². The lowest BCUT2D eigenvalue weighted by Gasteiger charge is -2.27. The minimum Gasteiger partial charge on any atom is -0.399 e. The van der Waals surface area contributed by atoms with Crippen LogP contribution in [-0.4, -0.2) is 37.1 Å². The predicted octanol–water partition coefficient (Wildman–Crippen LogP) is 2.80. The second kappa shape index (κ2) is 11.8. The van der Waals surface area contributed by atoms with Crippen LogP contribution in [0.2, 0.25) is 0 Å². The molecule has 0 aromatic heterocycles. The minimum absolute atomic E-state index is 0.